The maximum Gasteiger partial charge on any atom is 0.189 e. The van der Waals surface area contributed by atoms with Gasteiger partial charge in [0.1, 0.15) is 5.92 Å². The van der Waals surface area contributed by atoms with Gasteiger partial charge in [0.25, 0.3) is 0 Å². The minimum atomic E-state index is -0.500. The highest BCUT2D eigenvalue weighted by Crippen LogP contribution is 2.29. The Morgan fingerprint density at radius 1 is 1.79 bits per heavy atom. The fourth-order valence-electron chi connectivity index (χ4n) is 1.09. The first kappa shape index (κ1) is 11.4. The standard InChI is InChI=1S/C10H10BrNOS/c1-3-7(5-12)9(13)8-4-6(2)10(11)14-8/h4,7H,3H2,1-2H3. The number of halogens is 1. The second kappa shape index (κ2) is 4.72. The molecule has 0 bridgehead atoms. The van der Waals surface area contributed by atoms with Crippen LogP contribution in [0.25, 0.3) is 0 Å². The lowest BCUT2D eigenvalue weighted by atomic mass is 10.0. The highest BCUT2D eigenvalue weighted by molar-refractivity contribution is 9.11. The Hall–Kier alpha value is -0.660. The van der Waals surface area contributed by atoms with Crippen molar-refractivity contribution in [3.8, 4) is 6.07 Å². The highest BCUT2D eigenvalue weighted by atomic mass is 79.9. The van der Waals surface area contributed by atoms with Crippen LogP contribution < -0.4 is 0 Å². The molecule has 0 saturated carbocycles. The number of thiophene rings is 1. The molecule has 0 saturated heterocycles. The Morgan fingerprint density at radius 3 is 2.79 bits per heavy atom. The largest absolute Gasteiger partial charge is 0.292 e. The lowest BCUT2D eigenvalue weighted by Gasteiger charge is -2.00. The number of carbonyl (C=O) groups excluding carboxylic acids is 1. The van der Waals surface area contributed by atoms with Crippen LogP contribution in [0.3, 0.4) is 0 Å². The van der Waals surface area contributed by atoms with Crippen LogP contribution in [0.4, 0.5) is 0 Å². The zero-order valence-electron chi connectivity index (χ0n) is 8.00. The van der Waals surface area contributed by atoms with E-state index in [0.29, 0.717) is 11.3 Å². The second-order valence-electron chi connectivity index (χ2n) is 3.02. The summed E-state index contributed by atoms with van der Waals surface area (Å²) in [6.45, 7) is 3.78. The maximum atomic E-state index is 11.7. The van der Waals surface area contributed by atoms with Crippen molar-refractivity contribution in [2.24, 2.45) is 5.92 Å². The monoisotopic (exact) mass is 271 g/mol. The van der Waals surface area contributed by atoms with Crippen molar-refractivity contribution >= 4 is 33.0 Å². The third-order valence-corrected chi connectivity index (χ3v) is 4.13. The molecule has 14 heavy (non-hydrogen) atoms. The van der Waals surface area contributed by atoms with Crippen LogP contribution in [0.2, 0.25) is 0 Å². The molecule has 0 N–H and O–H groups in total. The van der Waals surface area contributed by atoms with Crippen molar-refractivity contribution in [2.45, 2.75) is 20.3 Å². The first-order chi connectivity index (χ1) is 6.60. The van der Waals surface area contributed by atoms with E-state index in [1.165, 1.54) is 11.3 Å². The Morgan fingerprint density at radius 2 is 2.43 bits per heavy atom. The normalized spacial score (nSPS) is 12.1. The molecular weight excluding hydrogens is 262 g/mol. The molecule has 2 nitrogen and oxygen atoms in total. The number of nitrogens with zero attached hydrogens (tertiary/aromatic N) is 1. The van der Waals surface area contributed by atoms with Gasteiger partial charge < -0.3 is 0 Å². The highest BCUT2D eigenvalue weighted by Gasteiger charge is 2.20. The van der Waals surface area contributed by atoms with Gasteiger partial charge in [0.15, 0.2) is 5.78 Å². The molecule has 0 fully saturated rings. The van der Waals surface area contributed by atoms with Crippen LogP contribution >= 0.6 is 27.3 Å². The summed E-state index contributed by atoms with van der Waals surface area (Å²) in [6.07, 6.45) is 0.573. The van der Waals surface area contributed by atoms with Crippen LogP contribution in [0.1, 0.15) is 28.6 Å². The summed E-state index contributed by atoms with van der Waals surface area (Å²) in [5.74, 6) is -0.561. The minimum absolute atomic E-state index is 0.0613. The van der Waals surface area contributed by atoms with E-state index in [0.717, 1.165) is 9.35 Å². The molecule has 1 unspecified atom stereocenters. The second-order valence-corrected chi connectivity index (χ2v) is 5.39. The van der Waals surface area contributed by atoms with Crippen molar-refractivity contribution in [1.82, 2.24) is 0 Å². The number of hydrogen-bond donors (Lipinski definition) is 0. The van der Waals surface area contributed by atoms with Crippen LogP contribution in [0.5, 0.6) is 0 Å². The molecule has 0 spiro atoms. The topological polar surface area (TPSA) is 40.9 Å². The predicted molar refractivity (Wildman–Crippen MR) is 60.5 cm³/mol. The van der Waals surface area contributed by atoms with Gasteiger partial charge >= 0.3 is 0 Å². The van der Waals surface area contributed by atoms with Gasteiger partial charge in [-0.05, 0) is 40.9 Å². The summed E-state index contributed by atoms with van der Waals surface area (Å²) in [7, 11) is 0. The smallest absolute Gasteiger partial charge is 0.189 e. The SMILES string of the molecule is CCC(C#N)C(=O)c1cc(C)c(Br)s1. The Balaban J connectivity index is 2.95. The molecule has 0 radical (unpaired) electrons. The van der Waals surface area contributed by atoms with Crippen LogP contribution in [0.15, 0.2) is 9.85 Å². The van der Waals surface area contributed by atoms with Gasteiger partial charge in [-0.2, -0.15) is 5.26 Å². The zero-order valence-corrected chi connectivity index (χ0v) is 10.4. The van der Waals surface area contributed by atoms with E-state index in [-0.39, 0.29) is 5.78 Å². The van der Waals surface area contributed by atoms with E-state index < -0.39 is 5.92 Å². The molecule has 0 aliphatic rings. The van der Waals surface area contributed by atoms with Gasteiger partial charge in [0, 0.05) is 0 Å². The van der Waals surface area contributed by atoms with Crippen LogP contribution in [-0.2, 0) is 0 Å². The van der Waals surface area contributed by atoms with Crippen molar-refractivity contribution in [1.29, 1.82) is 5.26 Å². The average molecular weight is 272 g/mol. The third-order valence-electron chi connectivity index (χ3n) is 1.98. The van der Waals surface area contributed by atoms with Gasteiger partial charge in [-0.25, -0.2) is 0 Å². The summed E-state index contributed by atoms with van der Waals surface area (Å²) in [4.78, 5) is 12.4. The minimum Gasteiger partial charge on any atom is -0.292 e. The molecule has 4 heteroatoms. The fraction of sp³-hybridized carbons (Fsp3) is 0.400. The van der Waals surface area contributed by atoms with E-state index in [9.17, 15) is 4.79 Å². The maximum absolute atomic E-state index is 11.7. The number of Topliss-reactive ketones (excluding diaryl/α,β-unsaturated/α-hetero) is 1. The van der Waals surface area contributed by atoms with E-state index in [1.807, 2.05) is 26.0 Å². The summed E-state index contributed by atoms with van der Waals surface area (Å²) in [6, 6.07) is 3.85. The van der Waals surface area contributed by atoms with Crippen LogP contribution in [0, 0.1) is 24.2 Å². The molecule has 0 amide bonds. The summed E-state index contributed by atoms with van der Waals surface area (Å²) in [5.41, 5.74) is 1.05. The summed E-state index contributed by atoms with van der Waals surface area (Å²) < 4.78 is 0.966. The predicted octanol–water partition coefficient (Wildman–Crippen LogP) is 3.55. The Bertz CT molecular complexity index is 372. The molecule has 1 atom stereocenters. The van der Waals surface area contributed by atoms with E-state index in [2.05, 4.69) is 15.9 Å². The number of carbonyl (C=O) groups is 1. The van der Waals surface area contributed by atoms with Crippen molar-refractivity contribution in [3.63, 3.8) is 0 Å². The van der Waals surface area contributed by atoms with Gasteiger partial charge in [0.2, 0.25) is 0 Å². The van der Waals surface area contributed by atoms with Crippen molar-refractivity contribution in [3.05, 3.63) is 20.3 Å². The number of nitriles is 1. The Kier molecular flexibility index (Phi) is 3.85. The number of ketones is 1. The Labute approximate surface area is 95.7 Å². The molecule has 0 aliphatic carbocycles. The number of rotatable bonds is 3. The van der Waals surface area contributed by atoms with Gasteiger partial charge in [-0.1, -0.05) is 6.92 Å². The number of aryl methyl sites for hydroxylation is 1. The molecule has 1 aromatic heterocycles. The zero-order chi connectivity index (χ0) is 10.7. The average Bonchev–Trinajstić information content (AvgIpc) is 2.49. The molecule has 1 rings (SSSR count). The quantitative estimate of drug-likeness (QED) is 0.789. The number of hydrogen-bond acceptors (Lipinski definition) is 3. The van der Waals surface area contributed by atoms with Crippen molar-refractivity contribution < 1.29 is 4.79 Å². The molecular formula is C10H10BrNOS. The first-order valence-electron chi connectivity index (χ1n) is 4.30. The summed E-state index contributed by atoms with van der Waals surface area (Å²) >= 11 is 4.76. The van der Waals surface area contributed by atoms with Gasteiger partial charge in [-0.15, -0.1) is 11.3 Å². The lowest BCUT2D eigenvalue weighted by Crippen LogP contribution is -2.10. The molecule has 0 aromatic carbocycles. The van der Waals surface area contributed by atoms with Gasteiger partial charge in [-0.3, -0.25) is 4.79 Å². The molecule has 74 valence electrons. The third kappa shape index (κ3) is 2.23. The molecule has 0 aliphatic heterocycles. The molecule has 1 heterocycles. The summed E-state index contributed by atoms with van der Waals surface area (Å²) in [5, 5.41) is 8.76. The molecule has 1 aromatic rings. The fourth-order valence-corrected chi connectivity index (χ4v) is 2.62. The first-order valence-corrected chi connectivity index (χ1v) is 5.90. The van der Waals surface area contributed by atoms with Gasteiger partial charge in [0.05, 0.1) is 14.7 Å². The van der Waals surface area contributed by atoms with E-state index >= 15 is 0 Å². The van der Waals surface area contributed by atoms with Crippen molar-refractivity contribution in [2.75, 3.05) is 0 Å². The van der Waals surface area contributed by atoms with Crippen LogP contribution in [-0.4, -0.2) is 5.78 Å². The van der Waals surface area contributed by atoms with E-state index in [1.54, 1.807) is 0 Å². The lowest BCUT2D eigenvalue weighted by molar-refractivity contribution is 0.0950. The van der Waals surface area contributed by atoms with E-state index in [4.69, 9.17) is 5.26 Å².